The second-order valence-corrected chi connectivity index (χ2v) is 4.72. The zero-order valence-electron chi connectivity index (χ0n) is 10.7. The number of aromatic carboxylic acids is 1. The van der Waals surface area contributed by atoms with E-state index in [2.05, 4.69) is 0 Å². The highest BCUT2D eigenvalue weighted by Crippen LogP contribution is 2.29. The maximum Gasteiger partial charge on any atom is 0.337 e. The summed E-state index contributed by atoms with van der Waals surface area (Å²) in [5.74, 6) is -3.45. The highest BCUT2D eigenvalue weighted by atomic mass is 19.2. The molecule has 0 aliphatic carbocycles. The van der Waals surface area contributed by atoms with E-state index in [-0.39, 0.29) is 23.5 Å². The smallest absolute Gasteiger partial charge is 0.337 e. The van der Waals surface area contributed by atoms with Gasteiger partial charge < -0.3 is 14.7 Å². The number of carboxylic acids is 1. The SMILES string of the molecule is C[C@@H]1CN(c2c(C(=O)O)ccc(F)c2F)C[C@H](C)O1. The van der Waals surface area contributed by atoms with Crippen LogP contribution in [0.15, 0.2) is 12.1 Å². The van der Waals surface area contributed by atoms with Gasteiger partial charge in [-0.15, -0.1) is 0 Å². The molecule has 4 nitrogen and oxygen atoms in total. The van der Waals surface area contributed by atoms with Gasteiger partial charge in [-0.25, -0.2) is 13.6 Å². The molecule has 1 heterocycles. The lowest BCUT2D eigenvalue weighted by Crippen LogP contribution is -2.46. The molecule has 0 unspecified atom stereocenters. The normalized spacial score (nSPS) is 23.5. The minimum Gasteiger partial charge on any atom is -0.478 e. The summed E-state index contributed by atoms with van der Waals surface area (Å²) in [7, 11) is 0. The Bertz CT molecular complexity index is 497. The van der Waals surface area contributed by atoms with Gasteiger partial charge in [0.05, 0.1) is 23.5 Å². The largest absolute Gasteiger partial charge is 0.478 e. The van der Waals surface area contributed by atoms with Gasteiger partial charge in [0.25, 0.3) is 0 Å². The lowest BCUT2D eigenvalue weighted by Gasteiger charge is -2.37. The molecule has 2 rings (SSSR count). The molecule has 0 saturated carbocycles. The van der Waals surface area contributed by atoms with E-state index < -0.39 is 17.6 Å². The summed E-state index contributed by atoms with van der Waals surface area (Å²) in [5.41, 5.74) is -0.435. The summed E-state index contributed by atoms with van der Waals surface area (Å²) in [5, 5.41) is 9.10. The third-order valence-corrected chi connectivity index (χ3v) is 3.04. The van der Waals surface area contributed by atoms with Gasteiger partial charge in [0.15, 0.2) is 11.6 Å². The molecule has 0 radical (unpaired) electrons. The molecule has 1 saturated heterocycles. The van der Waals surface area contributed by atoms with Gasteiger partial charge in [0, 0.05) is 13.1 Å². The fourth-order valence-corrected chi connectivity index (χ4v) is 2.38. The first-order chi connectivity index (χ1) is 8.90. The average molecular weight is 271 g/mol. The number of anilines is 1. The van der Waals surface area contributed by atoms with Crippen LogP contribution in [0.3, 0.4) is 0 Å². The molecular formula is C13H15F2NO3. The third-order valence-electron chi connectivity index (χ3n) is 3.04. The van der Waals surface area contributed by atoms with Crippen LogP contribution in [0.1, 0.15) is 24.2 Å². The minimum atomic E-state index is -1.28. The highest BCUT2D eigenvalue weighted by Gasteiger charge is 2.29. The molecule has 0 aromatic heterocycles. The van der Waals surface area contributed by atoms with Crippen LogP contribution in [0, 0.1) is 11.6 Å². The predicted molar refractivity (Wildman–Crippen MR) is 65.5 cm³/mol. The number of ether oxygens (including phenoxy) is 1. The molecule has 2 atom stereocenters. The van der Waals surface area contributed by atoms with E-state index in [1.54, 1.807) is 13.8 Å². The first-order valence-corrected chi connectivity index (χ1v) is 6.02. The molecule has 104 valence electrons. The van der Waals surface area contributed by atoms with Crippen LogP contribution in [-0.4, -0.2) is 36.4 Å². The van der Waals surface area contributed by atoms with Crippen molar-refractivity contribution in [3.63, 3.8) is 0 Å². The van der Waals surface area contributed by atoms with E-state index in [0.29, 0.717) is 13.1 Å². The van der Waals surface area contributed by atoms with Crippen LogP contribution < -0.4 is 4.90 Å². The molecule has 1 N–H and O–H groups in total. The molecule has 0 amide bonds. The Morgan fingerprint density at radius 2 is 1.89 bits per heavy atom. The molecule has 0 bridgehead atoms. The van der Waals surface area contributed by atoms with E-state index >= 15 is 0 Å². The second kappa shape index (κ2) is 5.13. The monoisotopic (exact) mass is 271 g/mol. The van der Waals surface area contributed by atoms with Crippen molar-refractivity contribution in [1.82, 2.24) is 0 Å². The third kappa shape index (κ3) is 2.68. The van der Waals surface area contributed by atoms with Gasteiger partial charge in [-0.05, 0) is 26.0 Å². The summed E-state index contributed by atoms with van der Waals surface area (Å²) in [6.45, 7) is 4.26. The van der Waals surface area contributed by atoms with Crippen molar-refractivity contribution in [3.05, 3.63) is 29.3 Å². The summed E-state index contributed by atoms with van der Waals surface area (Å²) in [6, 6.07) is 1.91. The molecule has 0 spiro atoms. The number of hydrogen-bond donors (Lipinski definition) is 1. The van der Waals surface area contributed by atoms with Crippen LogP contribution >= 0.6 is 0 Å². The van der Waals surface area contributed by atoms with Crippen LogP contribution in [0.5, 0.6) is 0 Å². The fourth-order valence-electron chi connectivity index (χ4n) is 2.38. The molecule has 6 heteroatoms. The maximum atomic E-state index is 13.9. The summed E-state index contributed by atoms with van der Waals surface area (Å²) >= 11 is 0. The van der Waals surface area contributed by atoms with Crippen LogP contribution in [0.25, 0.3) is 0 Å². The van der Waals surface area contributed by atoms with E-state index in [1.165, 1.54) is 4.90 Å². The van der Waals surface area contributed by atoms with Crippen LogP contribution in [0.4, 0.5) is 14.5 Å². The Morgan fingerprint density at radius 3 is 2.42 bits per heavy atom. The second-order valence-electron chi connectivity index (χ2n) is 4.72. The van der Waals surface area contributed by atoms with Crippen molar-refractivity contribution in [2.45, 2.75) is 26.1 Å². The zero-order valence-corrected chi connectivity index (χ0v) is 10.7. The van der Waals surface area contributed by atoms with Gasteiger partial charge in [0.1, 0.15) is 0 Å². The summed E-state index contributed by atoms with van der Waals surface area (Å²) < 4.78 is 32.8. The molecule has 1 aliphatic heterocycles. The summed E-state index contributed by atoms with van der Waals surface area (Å²) in [6.07, 6.45) is -0.346. The van der Waals surface area contributed by atoms with Crippen LogP contribution in [0.2, 0.25) is 0 Å². The zero-order chi connectivity index (χ0) is 14.2. The predicted octanol–water partition coefficient (Wildman–Crippen LogP) is 2.28. The minimum absolute atomic E-state index is 0.173. The lowest BCUT2D eigenvalue weighted by molar-refractivity contribution is -0.00553. The van der Waals surface area contributed by atoms with Gasteiger partial charge in [0.2, 0.25) is 0 Å². The first-order valence-electron chi connectivity index (χ1n) is 6.02. The van der Waals surface area contributed by atoms with Gasteiger partial charge in [-0.3, -0.25) is 0 Å². The van der Waals surface area contributed by atoms with Crippen molar-refractivity contribution >= 4 is 11.7 Å². The number of halogens is 2. The van der Waals surface area contributed by atoms with Gasteiger partial charge in [-0.1, -0.05) is 0 Å². The van der Waals surface area contributed by atoms with Crippen molar-refractivity contribution < 1.29 is 23.4 Å². The number of carbonyl (C=O) groups is 1. The quantitative estimate of drug-likeness (QED) is 0.896. The Morgan fingerprint density at radius 1 is 1.32 bits per heavy atom. The molecule has 19 heavy (non-hydrogen) atoms. The lowest BCUT2D eigenvalue weighted by atomic mass is 10.1. The van der Waals surface area contributed by atoms with Crippen molar-refractivity contribution in [3.8, 4) is 0 Å². The number of rotatable bonds is 2. The van der Waals surface area contributed by atoms with Crippen LogP contribution in [-0.2, 0) is 4.74 Å². The fraction of sp³-hybridized carbons (Fsp3) is 0.462. The summed E-state index contributed by atoms with van der Waals surface area (Å²) in [4.78, 5) is 12.7. The highest BCUT2D eigenvalue weighted by molar-refractivity contribution is 5.94. The number of benzene rings is 1. The van der Waals surface area contributed by atoms with Crippen molar-refractivity contribution in [2.75, 3.05) is 18.0 Å². The van der Waals surface area contributed by atoms with E-state index in [4.69, 9.17) is 9.84 Å². The Balaban J connectivity index is 2.47. The van der Waals surface area contributed by atoms with E-state index in [0.717, 1.165) is 12.1 Å². The average Bonchev–Trinajstić information content (AvgIpc) is 2.30. The Labute approximate surface area is 109 Å². The van der Waals surface area contributed by atoms with Crippen molar-refractivity contribution in [2.24, 2.45) is 0 Å². The topological polar surface area (TPSA) is 49.8 Å². The molecule has 1 aromatic rings. The van der Waals surface area contributed by atoms with E-state index in [9.17, 15) is 13.6 Å². The number of morpholine rings is 1. The first kappa shape index (κ1) is 13.7. The number of nitrogens with zero attached hydrogens (tertiary/aromatic N) is 1. The van der Waals surface area contributed by atoms with Gasteiger partial charge in [-0.2, -0.15) is 0 Å². The molecular weight excluding hydrogens is 256 g/mol. The number of carboxylic acid groups (broad SMARTS) is 1. The Hall–Kier alpha value is -1.69. The molecule has 1 aliphatic rings. The Kier molecular flexibility index (Phi) is 3.71. The molecule has 1 aromatic carbocycles. The van der Waals surface area contributed by atoms with Crippen molar-refractivity contribution in [1.29, 1.82) is 0 Å². The standard InChI is InChI=1S/C13H15F2NO3/c1-7-5-16(6-8(2)19-7)12-9(13(17)18)3-4-10(14)11(12)15/h3-4,7-8H,5-6H2,1-2H3,(H,17,18)/t7-,8+. The van der Waals surface area contributed by atoms with E-state index in [1.807, 2.05) is 0 Å². The maximum absolute atomic E-state index is 13.9. The van der Waals surface area contributed by atoms with Gasteiger partial charge >= 0.3 is 5.97 Å². The molecule has 1 fully saturated rings. The number of hydrogen-bond acceptors (Lipinski definition) is 3.